The van der Waals surface area contributed by atoms with Gasteiger partial charge in [-0.3, -0.25) is 14.7 Å². The Kier molecular flexibility index (Phi) is 4.00. The maximum atomic E-state index is 13.4. The third kappa shape index (κ3) is 2.64. The first-order chi connectivity index (χ1) is 11.7. The van der Waals surface area contributed by atoms with Crippen LogP contribution in [0.5, 0.6) is 0 Å². The fraction of sp³-hybridized carbons (Fsp3) is 0.684. The van der Waals surface area contributed by atoms with Gasteiger partial charge in [-0.2, -0.15) is 0 Å². The van der Waals surface area contributed by atoms with Crippen LogP contribution in [0, 0.1) is 0 Å². The van der Waals surface area contributed by atoms with E-state index in [0.29, 0.717) is 12.8 Å². The van der Waals surface area contributed by atoms with Gasteiger partial charge in [0.05, 0.1) is 16.8 Å². The number of hydrogen-bond acceptors (Lipinski definition) is 3. The molecule has 1 saturated heterocycles. The summed E-state index contributed by atoms with van der Waals surface area (Å²) in [7, 11) is 0. The number of amides is 1. The number of nitrogens with zero attached hydrogens (tertiary/aromatic N) is 3. The summed E-state index contributed by atoms with van der Waals surface area (Å²) < 4.78 is 14.3. The number of carbonyl (C=O) groups is 1. The first-order valence-electron chi connectivity index (χ1n) is 9.11. The van der Waals surface area contributed by atoms with Crippen LogP contribution >= 0.6 is 15.9 Å². The van der Waals surface area contributed by atoms with E-state index in [9.17, 15) is 9.18 Å². The third-order valence-corrected chi connectivity index (χ3v) is 6.78. The summed E-state index contributed by atoms with van der Waals surface area (Å²) >= 11 is 3.49. The quantitative estimate of drug-likeness (QED) is 0.744. The Morgan fingerprint density at radius 3 is 2.52 bits per heavy atom. The van der Waals surface area contributed by atoms with Crippen molar-refractivity contribution < 1.29 is 9.18 Å². The highest BCUT2D eigenvalue weighted by atomic mass is 79.9. The molecule has 6 heteroatoms. The molecule has 1 aromatic heterocycles. The second-order valence-corrected chi connectivity index (χ2v) is 9.46. The molecule has 25 heavy (non-hydrogen) atoms. The minimum absolute atomic E-state index is 0.0808. The van der Waals surface area contributed by atoms with Crippen molar-refractivity contribution in [3.05, 3.63) is 22.4 Å². The van der Waals surface area contributed by atoms with E-state index in [1.807, 2.05) is 24.8 Å². The van der Waals surface area contributed by atoms with Crippen molar-refractivity contribution in [1.82, 2.24) is 9.88 Å². The number of likely N-dealkylation sites (tertiary alicyclic amines) is 1. The van der Waals surface area contributed by atoms with E-state index in [1.54, 1.807) is 6.20 Å². The van der Waals surface area contributed by atoms with Gasteiger partial charge in [-0.25, -0.2) is 4.39 Å². The van der Waals surface area contributed by atoms with Gasteiger partial charge in [-0.15, -0.1) is 0 Å². The van der Waals surface area contributed by atoms with E-state index in [4.69, 9.17) is 0 Å². The molecule has 0 atom stereocenters. The summed E-state index contributed by atoms with van der Waals surface area (Å²) in [4.78, 5) is 22.0. The summed E-state index contributed by atoms with van der Waals surface area (Å²) in [5.74, 6) is 0.141. The normalized spacial score (nSPS) is 32.6. The molecule has 3 aliphatic rings. The summed E-state index contributed by atoms with van der Waals surface area (Å²) in [5.41, 5.74) is 1.32. The Morgan fingerprint density at radius 2 is 1.88 bits per heavy atom. The molecule has 2 aliphatic heterocycles. The van der Waals surface area contributed by atoms with Crippen molar-refractivity contribution in [2.75, 3.05) is 18.0 Å². The number of hydrogen-bond donors (Lipinski definition) is 0. The standard InChI is InChI=1S/C19H25BrFN3O/c1-18(2)16-15(8-12(20)11-22-16)24(17(18)25)14-9-19(3,10-14)23-6-4-13(21)5-7-23/h8,11,13-14H,4-7,9-10H2,1-3H3. The van der Waals surface area contributed by atoms with Crippen LogP contribution in [-0.4, -0.2) is 46.6 Å². The summed E-state index contributed by atoms with van der Waals surface area (Å²) in [6.45, 7) is 7.83. The van der Waals surface area contributed by atoms with Crippen LogP contribution in [0.25, 0.3) is 0 Å². The van der Waals surface area contributed by atoms with Crippen molar-refractivity contribution in [3.8, 4) is 0 Å². The molecule has 1 saturated carbocycles. The highest BCUT2D eigenvalue weighted by Gasteiger charge is 2.54. The number of alkyl halides is 1. The van der Waals surface area contributed by atoms with E-state index in [1.165, 1.54) is 0 Å². The lowest BCUT2D eigenvalue weighted by Gasteiger charge is -2.56. The van der Waals surface area contributed by atoms with Crippen molar-refractivity contribution in [2.24, 2.45) is 0 Å². The largest absolute Gasteiger partial charge is 0.307 e. The van der Waals surface area contributed by atoms with Crippen molar-refractivity contribution in [2.45, 2.75) is 69.6 Å². The van der Waals surface area contributed by atoms with Crippen LogP contribution < -0.4 is 4.90 Å². The number of fused-ring (bicyclic) bond motifs is 1. The Morgan fingerprint density at radius 1 is 1.24 bits per heavy atom. The van der Waals surface area contributed by atoms with Crippen molar-refractivity contribution >= 4 is 27.5 Å². The number of halogens is 2. The summed E-state index contributed by atoms with van der Waals surface area (Å²) in [5, 5.41) is 0. The van der Waals surface area contributed by atoms with Crippen LogP contribution in [0.1, 0.15) is 52.1 Å². The van der Waals surface area contributed by atoms with Gasteiger partial charge in [0.25, 0.3) is 0 Å². The zero-order valence-corrected chi connectivity index (χ0v) is 16.6. The maximum absolute atomic E-state index is 13.4. The van der Waals surface area contributed by atoms with Crippen LogP contribution in [-0.2, 0) is 10.2 Å². The van der Waals surface area contributed by atoms with Gasteiger partial charge in [0.2, 0.25) is 5.91 Å². The second kappa shape index (κ2) is 5.74. The third-order valence-electron chi connectivity index (χ3n) is 6.34. The smallest absolute Gasteiger partial charge is 0.239 e. The van der Waals surface area contributed by atoms with Gasteiger partial charge in [-0.05, 0) is 68.5 Å². The van der Waals surface area contributed by atoms with Crippen molar-refractivity contribution in [1.29, 1.82) is 0 Å². The number of pyridine rings is 1. The van der Waals surface area contributed by atoms with Crippen molar-refractivity contribution in [3.63, 3.8) is 0 Å². The number of rotatable bonds is 2. The number of anilines is 1. The van der Waals surface area contributed by atoms with Crippen LogP contribution in [0.3, 0.4) is 0 Å². The lowest BCUT2D eigenvalue weighted by molar-refractivity contribution is -0.124. The monoisotopic (exact) mass is 409 g/mol. The molecule has 136 valence electrons. The SMILES string of the molecule is CC1(C)C(=O)N(C2CC(C)(N3CCC(F)CC3)C2)c2cc(Br)cnc21. The first kappa shape index (κ1) is 17.4. The Bertz CT molecular complexity index is 709. The van der Waals surface area contributed by atoms with Gasteiger partial charge in [0.1, 0.15) is 6.17 Å². The van der Waals surface area contributed by atoms with Crippen LogP contribution in [0.15, 0.2) is 16.7 Å². The van der Waals surface area contributed by atoms with Crippen LogP contribution in [0.4, 0.5) is 10.1 Å². The average molecular weight is 410 g/mol. The Balaban J connectivity index is 1.55. The molecule has 0 N–H and O–H groups in total. The molecule has 4 nitrogen and oxygen atoms in total. The molecule has 0 radical (unpaired) electrons. The molecule has 0 unspecified atom stereocenters. The highest BCUT2D eigenvalue weighted by Crippen LogP contribution is 2.49. The zero-order valence-electron chi connectivity index (χ0n) is 15.1. The number of piperidine rings is 1. The minimum atomic E-state index is -0.646. The highest BCUT2D eigenvalue weighted by molar-refractivity contribution is 9.10. The Hall–Kier alpha value is -1.01. The van der Waals surface area contributed by atoms with E-state index in [0.717, 1.165) is 41.8 Å². The van der Waals surface area contributed by atoms with Gasteiger partial charge in [-0.1, -0.05) is 0 Å². The average Bonchev–Trinajstić information content (AvgIpc) is 2.71. The molecule has 0 spiro atoms. The zero-order chi connectivity index (χ0) is 18.0. The molecule has 0 aromatic carbocycles. The van der Waals surface area contributed by atoms with E-state index in [-0.39, 0.29) is 17.5 Å². The molecular formula is C19H25BrFN3O. The molecule has 1 amide bonds. The lowest BCUT2D eigenvalue weighted by atomic mass is 9.71. The molecule has 0 bridgehead atoms. The number of carbonyl (C=O) groups excluding carboxylic acids is 1. The fourth-order valence-corrected chi connectivity index (χ4v) is 5.07. The molecule has 4 rings (SSSR count). The van der Waals surface area contributed by atoms with Gasteiger partial charge in [0, 0.05) is 35.3 Å². The first-order valence-corrected chi connectivity index (χ1v) is 9.90. The Labute approximate surface area is 156 Å². The summed E-state index contributed by atoms with van der Waals surface area (Å²) in [6, 6.07) is 2.22. The topological polar surface area (TPSA) is 36.4 Å². The lowest BCUT2D eigenvalue weighted by Crippen LogP contribution is -2.64. The van der Waals surface area contributed by atoms with E-state index < -0.39 is 11.6 Å². The molecule has 2 fully saturated rings. The van der Waals surface area contributed by atoms with Gasteiger partial charge >= 0.3 is 0 Å². The van der Waals surface area contributed by atoms with E-state index >= 15 is 0 Å². The van der Waals surface area contributed by atoms with Gasteiger partial charge in [0.15, 0.2) is 0 Å². The molecular weight excluding hydrogens is 385 g/mol. The van der Waals surface area contributed by atoms with Crippen LogP contribution in [0.2, 0.25) is 0 Å². The minimum Gasteiger partial charge on any atom is -0.307 e. The molecule has 3 heterocycles. The predicted octanol–water partition coefficient (Wildman–Crippen LogP) is 3.82. The molecule has 1 aliphatic carbocycles. The fourth-order valence-electron chi connectivity index (χ4n) is 4.75. The maximum Gasteiger partial charge on any atom is 0.239 e. The second-order valence-electron chi connectivity index (χ2n) is 8.54. The molecule has 1 aromatic rings. The predicted molar refractivity (Wildman–Crippen MR) is 99.6 cm³/mol. The summed E-state index contributed by atoms with van der Waals surface area (Å²) in [6.07, 6.45) is 4.27. The number of aromatic nitrogens is 1. The van der Waals surface area contributed by atoms with Gasteiger partial charge < -0.3 is 4.90 Å². The van der Waals surface area contributed by atoms with E-state index in [2.05, 4.69) is 32.7 Å².